The molecular formula is C24H30N4O5. The van der Waals surface area contributed by atoms with E-state index < -0.39 is 0 Å². The van der Waals surface area contributed by atoms with Gasteiger partial charge in [0.15, 0.2) is 0 Å². The van der Waals surface area contributed by atoms with Gasteiger partial charge in [-0.2, -0.15) is 0 Å². The third-order valence-electron chi connectivity index (χ3n) is 6.94. The fraction of sp³-hybridized carbons (Fsp3) is 0.542. The molecule has 1 spiro atoms. The molecule has 1 aromatic rings. The van der Waals surface area contributed by atoms with Gasteiger partial charge in [0.05, 0.1) is 49.9 Å². The highest BCUT2D eigenvalue weighted by Crippen LogP contribution is 2.48. The molecule has 0 aromatic heterocycles. The zero-order valence-corrected chi connectivity index (χ0v) is 19.0. The standard InChI is InChI=1S/C24H30N4O5/c1-15-10-27(23(30)33-20-6-24(7-20)13-32-14-24)22-5-17(3-4-21(22)28(15)16(2)29)18(8-25)9-26-19-11-31-12-19/h3-5,8-9,15,19-20H,6-7,10-14,25H2,1-2H3/t15-/m0/s1. The number of hydrogen-bond donors (Lipinski definition) is 1. The summed E-state index contributed by atoms with van der Waals surface area (Å²) in [7, 11) is 0. The number of amides is 2. The van der Waals surface area contributed by atoms with E-state index in [2.05, 4.69) is 4.99 Å². The van der Waals surface area contributed by atoms with E-state index in [9.17, 15) is 9.59 Å². The highest BCUT2D eigenvalue weighted by molar-refractivity contribution is 6.11. The molecule has 9 heteroatoms. The van der Waals surface area contributed by atoms with Crippen molar-refractivity contribution < 1.29 is 23.8 Å². The first kappa shape index (κ1) is 21.9. The molecule has 9 nitrogen and oxygen atoms in total. The van der Waals surface area contributed by atoms with Crippen LogP contribution in [-0.2, 0) is 19.0 Å². The van der Waals surface area contributed by atoms with Gasteiger partial charge >= 0.3 is 6.09 Å². The Balaban J connectivity index is 1.41. The zero-order chi connectivity index (χ0) is 23.2. The molecule has 3 aliphatic heterocycles. The van der Waals surface area contributed by atoms with Gasteiger partial charge in [0, 0.05) is 36.9 Å². The van der Waals surface area contributed by atoms with Crippen LogP contribution in [0.15, 0.2) is 29.4 Å². The fourth-order valence-corrected chi connectivity index (χ4v) is 4.99. The molecule has 1 aliphatic carbocycles. The predicted molar refractivity (Wildman–Crippen MR) is 124 cm³/mol. The Labute approximate surface area is 193 Å². The van der Waals surface area contributed by atoms with Crippen LogP contribution in [0.4, 0.5) is 16.2 Å². The molecule has 0 radical (unpaired) electrons. The number of nitrogens with zero attached hydrogens (tertiary/aromatic N) is 3. The van der Waals surface area contributed by atoms with Crippen molar-refractivity contribution in [2.75, 3.05) is 42.8 Å². The van der Waals surface area contributed by atoms with Crippen LogP contribution in [-0.4, -0.2) is 69.4 Å². The van der Waals surface area contributed by atoms with E-state index >= 15 is 0 Å². The van der Waals surface area contributed by atoms with Gasteiger partial charge in [-0.15, -0.1) is 0 Å². The molecule has 2 saturated heterocycles. The number of carbonyl (C=O) groups is 2. The van der Waals surface area contributed by atoms with Gasteiger partial charge < -0.3 is 24.8 Å². The lowest BCUT2D eigenvalue weighted by molar-refractivity contribution is -0.196. The van der Waals surface area contributed by atoms with Gasteiger partial charge in [-0.1, -0.05) is 6.07 Å². The van der Waals surface area contributed by atoms with Gasteiger partial charge in [-0.3, -0.25) is 14.7 Å². The van der Waals surface area contributed by atoms with Crippen LogP contribution in [0.2, 0.25) is 0 Å². The molecular weight excluding hydrogens is 424 g/mol. The maximum absolute atomic E-state index is 13.2. The Kier molecular flexibility index (Phi) is 5.62. The molecule has 1 aromatic carbocycles. The molecule has 2 amide bonds. The minimum absolute atomic E-state index is 0.0726. The first-order chi connectivity index (χ1) is 15.9. The monoisotopic (exact) mass is 454 g/mol. The third kappa shape index (κ3) is 4.00. The lowest BCUT2D eigenvalue weighted by Gasteiger charge is -2.52. The van der Waals surface area contributed by atoms with E-state index in [0.29, 0.717) is 31.1 Å². The number of nitrogens with two attached hydrogens (primary N) is 1. The van der Waals surface area contributed by atoms with Crippen molar-refractivity contribution in [2.24, 2.45) is 16.1 Å². The van der Waals surface area contributed by atoms with Crippen molar-refractivity contribution in [1.82, 2.24) is 0 Å². The first-order valence-electron chi connectivity index (χ1n) is 11.4. The van der Waals surface area contributed by atoms with Crippen LogP contribution in [0, 0.1) is 5.41 Å². The molecule has 3 heterocycles. The summed E-state index contributed by atoms with van der Waals surface area (Å²) in [6, 6.07) is 5.60. The van der Waals surface area contributed by atoms with E-state index in [4.69, 9.17) is 19.9 Å². The molecule has 4 aliphatic rings. The second-order valence-corrected chi connectivity index (χ2v) is 9.55. The first-order valence-corrected chi connectivity index (χ1v) is 11.4. The van der Waals surface area contributed by atoms with Gasteiger partial charge in [0.2, 0.25) is 5.91 Å². The summed E-state index contributed by atoms with van der Waals surface area (Å²) < 4.78 is 16.3. The summed E-state index contributed by atoms with van der Waals surface area (Å²) in [5, 5.41) is 0. The second kappa shape index (κ2) is 8.46. The maximum Gasteiger partial charge on any atom is 0.414 e. The van der Waals surface area contributed by atoms with E-state index in [1.165, 1.54) is 13.1 Å². The number of fused-ring (bicyclic) bond motifs is 1. The fourth-order valence-electron chi connectivity index (χ4n) is 4.99. The molecule has 5 rings (SSSR count). The van der Waals surface area contributed by atoms with Gasteiger partial charge in [-0.05, 0) is 37.5 Å². The number of ether oxygens (including phenoxy) is 3. The Morgan fingerprint density at radius 3 is 2.55 bits per heavy atom. The lowest BCUT2D eigenvalue weighted by Crippen LogP contribution is -2.57. The quantitative estimate of drug-likeness (QED) is 0.700. The predicted octanol–water partition coefficient (Wildman–Crippen LogP) is 2.33. The number of allylic oxidation sites excluding steroid dienone is 1. The number of rotatable bonds is 4. The second-order valence-electron chi connectivity index (χ2n) is 9.55. The van der Waals surface area contributed by atoms with Crippen molar-refractivity contribution in [1.29, 1.82) is 0 Å². The topological polar surface area (TPSA) is 107 Å². The van der Waals surface area contributed by atoms with Crippen molar-refractivity contribution in [3.8, 4) is 0 Å². The largest absolute Gasteiger partial charge is 0.446 e. The molecule has 176 valence electrons. The van der Waals surface area contributed by atoms with Crippen LogP contribution in [0.5, 0.6) is 0 Å². The third-order valence-corrected chi connectivity index (χ3v) is 6.94. The number of aliphatic imine (C=N–C) groups is 1. The highest BCUT2D eigenvalue weighted by Gasteiger charge is 2.52. The number of benzene rings is 1. The van der Waals surface area contributed by atoms with Crippen LogP contribution in [0.3, 0.4) is 0 Å². The van der Waals surface area contributed by atoms with E-state index in [0.717, 1.165) is 37.2 Å². The van der Waals surface area contributed by atoms with Crippen molar-refractivity contribution >= 4 is 35.2 Å². The minimum atomic E-state index is -0.387. The Morgan fingerprint density at radius 1 is 1.21 bits per heavy atom. The maximum atomic E-state index is 13.2. The smallest absolute Gasteiger partial charge is 0.414 e. The number of carbonyl (C=O) groups excluding carboxylic acids is 2. The van der Waals surface area contributed by atoms with Gasteiger partial charge in [-0.25, -0.2) is 4.79 Å². The van der Waals surface area contributed by atoms with Crippen LogP contribution >= 0.6 is 0 Å². The number of hydrogen-bond acceptors (Lipinski definition) is 7. The molecule has 1 saturated carbocycles. The molecule has 3 fully saturated rings. The van der Waals surface area contributed by atoms with E-state index in [1.54, 1.807) is 16.0 Å². The molecule has 2 N–H and O–H groups in total. The summed E-state index contributed by atoms with van der Waals surface area (Å²) in [6.45, 7) is 6.55. The van der Waals surface area contributed by atoms with Gasteiger partial charge in [0.25, 0.3) is 0 Å². The van der Waals surface area contributed by atoms with Crippen LogP contribution in [0.25, 0.3) is 5.57 Å². The summed E-state index contributed by atoms with van der Waals surface area (Å²) >= 11 is 0. The van der Waals surface area contributed by atoms with Crippen LogP contribution < -0.4 is 15.5 Å². The average molecular weight is 455 g/mol. The van der Waals surface area contributed by atoms with Crippen molar-refractivity contribution in [3.05, 3.63) is 30.0 Å². The molecule has 1 atom stereocenters. The van der Waals surface area contributed by atoms with Crippen molar-refractivity contribution in [2.45, 2.75) is 44.9 Å². The SMILES string of the molecule is CC(=O)N1c2ccc(C(C=NC3COC3)=CN)cc2N(C(=O)OC2CC3(COC3)C2)C[C@@H]1C. The minimum Gasteiger partial charge on any atom is -0.446 e. The zero-order valence-electron chi connectivity index (χ0n) is 19.0. The average Bonchev–Trinajstić information content (AvgIpc) is 2.69. The highest BCUT2D eigenvalue weighted by atomic mass is 16.6. The van der Waals surface area contributed by atoms with Gasteiger partial charge in [0.1, 0.15) is 6.10 Å². The Bertz CT molecular complexity index is 1010. The Morgan fingerprint density at radius 2 is 1.97 bits per heavy atom. The van der Waals surface area contributed by atoms with E-state index in [-0.39, 0.29) is 35.6 Å². The molecule has 0 unspecified atom stereocenters. The normalized spacial score (nSPS) is 24.8. The van der Waals surface area contributed by atoms with Crippen LogP contribution in [0.1, 0.15) is 32.3 Å². The lowest BCUT2D eigenvalue weighted by atomic mass is 9.65. The number of anilines is 2. The Hall–Kier alpha value is -2.91. The summed E-state index contributed by atoms with van der Waals surface area (Å²) in [4.78, 5) is 33.5. The summed E-state index contributed by atoms with van der Waals surface area (Å²) in [6.07, 6.45) is 4.44. The summed E-state index contributed by atoms with van der Waals surface area (Å²) in [5.41, 5.74) is 8.96. The molecule has 0 bridgehead atoms. The molecule has 33 heavy (non-hydrogen) atoms. The van der Waals surface area contributed by atoms with Crippen molar-refractivity contribution in [3.63, 3.8) is 0 Å². The van der Waals surface area contributed by atoms with E-state index in [1.807, 2.05) is 25.1 Å². The summed E-state index contributed by atoms with van der Waals surface area (Å²) in [5.74, 6) is -0.0726.